The van der Waals surface area contributed by atoms with Crippen LogP contribution in [0.25, 0.3) is 0 Å². The third kappa shape index (κ3) is 4.57. The van der Waals surface area contributed by atoms with E-state index in [0.29, 0.717) is 12.5 Å². The van der Waals surface area contributed by atoms with Crippen LogP contribution in [0.15, 0.2) is 54.9 Å². The average Bonchev–Trinajstić information content (AvgIpc) is 3.14. The number of aromatic nitrogens is 1. The monoisotopic (exact) mass is 339 g/mol. The molecule has 2 aromatic rings. The van der Waals surface area contributed by atoms with Gasteiger partial charge in [0.15, 0.2) is 0 Å². The lowest BCUT2D eigenvalue weighted by molar-refractivity contribution is 0.0909. The summed E-state index contributed by atoms with van der Waals surface area (Å²) in [7, 11) is 0. The molecule has 0 unspecified atom stereocenters. The third-order valence-corrected chi connectivity index (χ3v) is 4.69. The van der Waals surface area contributed by atoms with Gasteiger partial charge in [0.1, 0.15) is 0 Å². The van der Waals surface area contributed by atoms with Gasteiger partial charge in [0.05, 0.1) is 12.1 Å². The van der Waals surface area contributed by atoms with Crippen LogP contribution >= 0.6 is 0 Å². The number of pyridine rings is 1. The Kier molecular flexibility index (Phi) is 6.01. The summed E-state index contributed by atoms with van der Waals surface area (Å²) in [6.07, 6.45) is 5.34. The maximum atomic E-state index is 12.3. The minimum absolute atomic E-state index is 0.00671. The van der Waals surface area contributed by atoms with Crippen LogP contribution in [0, 0.1) is 5.92 Å². The molecule has 5 heteroatoms. The molecule has 0 spiro atoms. The van der Waals surface area contributed by atoms with Crippen LogP contribution in [0.4, 0.5) is 4.79 Å². The first kappa shape index (κ1) is 17.4. The van der Waals surface area contributed by atoms with Crippen molar-refractivity contribution in [2.75, 3.05) is 13.2 Å². The lowest BCUT2D eigenvalue weighted by atomic mass is 9.95. The second-order valence-electron chi connectivity index (χ2n) is 6.35. The number of hydrogen-bond donors (Lipinski definition) is 2. The lowest BCUT2D eigenvalue weighted by Crippen LogP contribution is -2.40. The van der Waals surface area contributed by atoms with E-state index >= 15 is 0 Å². The minimum Gasteiger partial charge on any atom is -0.373 e. The largest absolute Gasteiger partial charge is 0.373 e. The van der Waals surface area contributed by atoms with Crippen LogP contribution < -0.4 is 10.6 Å². The molecule has 0 saturated carbocycles. The van der Waals surface area contributed by atoms with Gasteiger partial charge in [-0.3, -0.25) is 4.98 Å². The molecule has 132 valence electrons. The first-order chi connectivity index (χ1) is 12.3. The zero-order valence-corrected chi connectivity index (χ0v) is 14.5. The first-order valence-corrected chi connectivity index (χ1v) is 8.88. The second-order valence-corrected chi connectivity index (χ2v) is 6.35. The molecule has 0 aliphatic carbocycles. The van der Waals surface area contributed by atoms with Crippen molar-refractivity contribution in [2.24, 2.45) is 5.92 Å². The molecule has 0 bridgehead atoms. The van der Waals surface area contributed by atoms with Crippen LogP contribution in [0.2, 0.25) is 0 Å². The van der Waals surface area contributed by atoms with Crippen molar-refractivity contribution < 1.29 is 9.53 Å². The molecule has 2 heterocycles. The Morgan fingerprint density at radius 3 is 2.72 bits per heavy atom. The fourth-order valence-corrected chi connectivity index (χ4v) is 3.30. The topological polar surface area (TPSA) is 63.2 Å². The molecule has 1 aliphatic rings. The molecule has 1 aromatic carbocycles. The van der Waals surface area contributed by atoms with Gasteiger partial charge in [-0.1, -0.05) is 37.3 Å². The minimum atomic E-state index is -0.137. The number of benzene rings is 1. The maximum absolute atomic E-state index is 12.3. The Balaban J connectivity index is 1.53. The average molecular weight is 339 g/mol. The van der Waals surface area contributed by atoms with Gasteiger partial charge in [-0.2, -0.15) is 0 Å². The van der Waals surface area contributed by atoms with Crippen LogP contribution in [0.1, 0.15) is 43.0 Å². The highest BCUT2D eigenvalue weighted by atomic mass is 16.5. The van der Waals surface area contributed by atoms with Crippen LogP contribution in [0.5, 0.6) is 0 Å². The molecule has 3 rings (SSSR count). The van der Waals surface area contributed by atoms with Gasteiger partial charge in [-0.15, -0.1) is 0 Å². The zero-order valence-electron chi connectivity index (χ0n) is 14.5. The molecular weight excluding hydrogens is 314 g/mol. The molecule has 25 heavy (non-hydrogen) atoms. The quantitative estimate of drug-likeness (QED) is 0.845. The van der Waals surface area contributed by atoms with Gasteiger partial charge in [-0.25, -0.2) is 4.79 Å². The van der Waals surface area contributed by atoms with E-state index in [4.69, 9.17) is 4.74 Å². The second kappa shape index (κ2) is 8.62. The predicted octanol–water partition coefficient (Wildman–Crippen LogP) is 3.61. The normalized spacial score (nSPS) is 20.8. The number of nitrogens with zero attached hydrogens (tertiary/aromatic N) is 1. The number of carbonyl (C=O) groups excluding carboxylic acids is 1. The van der Waals surface area contributed by atoms with Crippen molar-refractivity contribution in [3.05, 3.63) is 66.0 Å². The van der Waals surface area contributed by atoms with E-state index in [1.54, 1.807) is 12.4 Å². The van der Waals surface area contributed by atoms with E-state index in [-0.39, 0.29) is 18.2 Å². The van der Waals surface area contributed by atoms with Crippen molar-refractivity contribution >= 4 is 6.03 Å². The molecule has 1 saturated heterocycles. The molecule has 1 aromatic heterocycles. The van der Waals surface area contributed by atoms with Crippen LogP contribution in [-0.2, 0) is 4.74 Å². The standard InChI is InChI=1S/C20H25N3O2/c1-2-18(15-8-11-21-12-9-15)23-20(24)22-14-17-10-13-25-19(17)16-6-4-3-5-7-16/h3-9,11-12,17-19H,2,10,13-14H2,1H3,(H2,22,23,24)/t17-,18-,19+/m0/s1. The van der Waals surface area contributed by atoms with Crippen molar-refractivity contribution in [1.29, 1.82) is 0 Å². The highest BCUT2D eigenvalue weighted by molar-refractivity contribution is 5.74. The predicted molar refractivity (Wildman–Crippen MR) is 97.0 cm³/mol. The van der Waals surface area contributed by atoms with Gasteiger partial charge in [-0.05, 0) is 36.1 Å². The fraction of sp³-hybridized carbons (Fsp3) is 0.400. The Morgan fingerprint density at radius 2 is 2.00 bits per heavy atom. The smallest absolute Gasteiger partial charge is 0.315 e. The Bertz CT molecular complexity index is 663. The number of rotatable bonds is 6. The highest BCUT2D eigenvalue weighted by Crippen LogP contribution is 2.33. The van der Waals surface area contributed by atoms with E-state index in [9.17, 15) is 4.79 Å². The fourth-order valence-electron chi connectivity index (χ4n) is 3.30. The van der Waals surface area contributed by atoms with Crippen LogP contribution in [0.3, 0.4) is 0 Å². The van der Waals surface area contributed by atoms with E-state index in [1.165, 1.54) is 5.56 Å². The molecule has 2 amide bonds. The Morgan fingerprint density at radius 1 is 1.24 bits per heavy atom. The van der Waals surface area contributed by atoms with Crippen molar-refractivity contribution in [3.8, 4) is 0 Å². The van der Waals surface area contributed by atoms with Crippen molar-refractivity contribution in [3.63, 3.8) is 0 Å². The molecule has 2 N–H and O–H groups in total. The van der Waals surface area contributed by atoms with Gasteiger partial charge in [0.2, 0.25) is 0 Å². The molecular formula is C20H25N3O2. The Labute approximate surface area is 148 Å². The number of nitrogens with one attached hydrogen (secondary N) is 2. The first-order valence-electron chi connectivity index (χ1n) is 8.88. The number of carbonyl (C=O) groups is 1. The van der Waals surface area contributed by atoms with Crippen molar-refractivity contribution in [1.82, 2.24) is 15.6 Å². The summed E-state index contributed by atoms with van der Waals surface area (Å²) < 4.78 is 5.88. The third-order valence-electron chi connectivity index (χ3n) is 4.69. The van der Waals surface area contributed by atoms with Crippen LogP contribution in [-0.4, -0.2) is 24.2 Å². The summed E-state index contributed by atoms with van der Waals surface area (Å²) in [5, 5.41) is 6.06. The maximum Gasteiger partial charge on any atom is 0.315 e. The van der Waals surface area contributed by atoms with Gasteiger partial charge >= 0.3 is 6.03 Å². The molecule has 0 radical (unpaired) electrons. The summed E-state index contributed by atoms with van der Waals surface area (Å²) in [5.74, 6) is 0.300. The highest BCUT2D eigenvalue weighted by Gasteiger charge is 2.29. The summed E-state index contributed by atoms with van der Waals surface area (Å²) >= 11 is 0. The molecule has 5 nitrogen and oxygen atoms in total. The zero-order chi connectivity index (χ0) is 17.5. The number of hydrogen-bond acceptors (Lipinski definition) is 3. The van der Waals surface area contributed by atoms with Gasteiger partial charge in [0, 0.05) is 31.5 Å². The van der Waals surface area contributed by atoms with Gasteiger partial charge in [0.25, 0.3) is 0 Å². The molecule has 1 fully saturated rings. The summed E-state index contributed by atoms with van der Waals surface area (Å²) in [4.78, 5) is 16.3. The number of urea groups is 1. The van der Waals surface area contributed by atoms with E-state index in [2.05, 4.69) is 34.7 Å². The van der Waals surface area contributed by atoms with E-state index < -0.39 is 0 Å². The number of ether oxygens (including phenoxy) is 1. The number of amides is 2. The van der Waals surface area contributed by atoms with E-state index in [0.717, 1.165) is 25.0 Å². The summed E-state index contributed by atoms with van der Waals surface area (Å²) in [5.41, 5.74) is 2.24. The lowest BCUT2D eigenvalue weighted by Gasteiger charge is -2.21. The van der Waals surface area contributed by atoms with Gasteiger partial charge < -0.3 is 15.4 Å². The van der Waals surface area contributed by atoms with Crippen molar-refractivity contribution in [2.45, 2.75) is 31.9 Å². The summed E-state index contributed by atoms with van der Waals surface area (Å²) in [6, 6.07) is 13.9. The van der Waals surface area contributed by atoms with E-state index in [1.807, 2.05) is 30.3 Å². The SMILES string of the molecule is CC[C@H](NC(=O)NC[C@@H]1CCO[C@@H]1c1ccccc1)c1ccncc1. The summed E-state index contributed by atoms with van der Waals surface area (Å²) in [6.45, 7) is 3.40. The molecule has 3 atom stereocenters. The molecule has 1 aliphatic heterocycles. The Hall–Kier alpha value is -2.40.